The summed E-state index contributed by atoms with van der Waals surface area (Å²) in [5, 5.41) is 7.78. The Balaban J connectivity index is 1.78. The van der Waals surface area contributed by atoms with Gasteiger partial charge in [-0.1, -0.05) is 13.5 Å². The smallest absolute Gasteiger partial charge is 0.258 e. The molecule has 1 fully saturated rings. The van der Waals surface area contributed by atoms with Crippen LogP contribution in [0.3, 0.4) is 0 Å². The number of pyridine rings is 1. The van der Waals surface area contributed by atoms with Crippen molar-refractivity contribution < 1.29 is 8.78 Å². The largest absolute Gasteiger partial charge is 0.352 e. The molecule has 2 aliphatic heterocycles. The first kappa shape index (κ1) is 22.5. The van der Waals surface area contributed by atoms with Gasteiger partial charge in [-0.15, -0.1) is 9.24 Å². The Morgan fingerprint density at radius 2 is 2.20 bits per heavy atom. The van der Waals surface area contributed by atoms with E-state index in [0.717, 1.165) is 53.5 Å². The van der Waals surface area contributed by atoms with Crippen molar-refractivity contribution in [1.29, 1.82) is 0 Å². The summed E-state index contributed by atoms with van der Waals surface area (Å²) < 4.78 is 26.5. The minimum Gasteiger partial charge on any atom is -0.352 e. The highest BCUT2D eigenvalue weighted by atomic mass is 31.0. The molecule has 3 rings (SSSR count). The fourth-order valence-corrected chi connectivity index (χ4v) is 4.17. The lowest BCUT2D eigenvalue weighted by molar-refractivity contribution is 0.0741. The highest BCUT2D eigenvalue weighted by molar-refractivity contribution is 7.27. The van der Waals surface area contributed by atoms with E-state index in [0.29, 0.717) is 25.3 Å². The molecule has 0 spiro atoms. The molecule has 0 amide bonds. The Labute approximate surface area is 179 Å². The van der Waals surface area contributed by atoms with Crippen LogP contribution in [0.2, 0.25) is 0 Å². The Bertz CT molecular complexity index is 865. The van der Waals surface area contributed by atoms with E-state index < -0.39 is 12.5 Å². The van der Waals surface area contributed by atoms with Gasteiger partial charge in [-0.25, -0.2) is 13.8 Å². The summed E-state index contributed by atoms with van der Waals surface area (Å²) in [5.41, 5.74) is 4.04. The van der Waals surface area contributed by atoms with Crippen LogP contribution in [-0.4, -0.2) is 45.5 Å². The van der Waals surface area contributed by atoms with Gasteiger partial charge in [-0.2, -0.15) is 5.10 Å². The topological polar surface area (TPSA) is 44.1 Å². The Hall–Kier alpha value is -2.14. The summed E-state index contributed by atoms with van der Waals surface area (Å²) in [6.07, 6.45) is 6.79. The molecule has 0 aromatic carbocycles. The minimum atomic E-state index is -2.34. The number of rotatable bonds is 6. The maximum atomic E-state index is 13.2. The van der Waals surface area contributed by atoms with Gasteiger partial charge in [0, 0.05) is 30.8 Å². The summed E-state index contributed by atoms with van der Waals surface area (Å²) in [6, 6.07) is 1.34. The van der Waals surface area contributed by atoms with Crippen molar-refractivity contribution in [2.24, 2.45) is 10.1 Å². The van der Waals surface area contributed by atoms with Crippen molar-refractivity contribution in [3.05, 3.63) is 48.1 Å². The molecule has 1 aromatic rings. The van der Waals surface area contributed by atoms with E-state index in [2.05, 4.69) is 38.8 Å². The third-order valence-electron chi connectivity index (χ3n) is 5.57. The van der Waals surface area contributed by atoms with Crippen LogP contribution in [-0.2, 0) is 6.54 Å². The molecule has 0 bridgehead atoms. The number of aromatic nitrogens is 1. The molecule has 2 aliphatic rings. The molecule has 2 atom stereocenters. The molecule has 1 aromatic heterocycles. The normalized spacial score (nSPS) is 20.9. The maximum Gasteiger partial charge on any atom is 0.258 e. The number of hydrogen-bond acceptors (Lipinski definition) is 4. The van der Waals surface area contributed by atoms with Crippen LogP contribution < -0.4 is 5.30 Å². The molecule has 0 saturated carbocycles. The third-order valence-corrected chi connectivity index (χ3v) is 5.89. The van der Waals surface area contributed by atoms with Gasteiger partial charge in [0.1, 0.15) is 5.84 Å². The van der Waals surface area contributed by atoms with Crippen LogP contribution in [0.25, 0.3) is 0 Å². The van der Waals surface area contributed by atoms with Crippen LogP contribution >= 0.6 is 9.24 Å². The van der Waals surface area contributed by atoms with Crippen LogP contribution in [0, 0.1) is 0 Å². The Morgan fingerprint density at radius 3 is 2.90 bits per heavy atom. The second-order valence-electron chi connectivity index (χ2n) is 7.72. The monoisotopic (exact) mass is 433 g/mol. The molecule has 30 heavy (non-hydrogen) atoms. The number of nitrogens with zero attached hydrogens (tertiary/aromatic N) is 5. The van der Waals surface area contributed by atoms with E-state index in [1.54, 1.807) is 17.3 Å². The summed E-state index contributed by atoms with van der Waals surface area (Å²) in [6.45, 7) is 9.27. The van der Waals surface area contributed by atoms with Gasteiger partial charge < -0.3 is 4.90 Å². The van der Waals surface area contributed by atoms with Crippen molar-refractivity contribution in [2.75, 3.05) is 6.54 Å². The number of amidine groups is 1. The molecular formula is C22H30F2N5P. The quantitative estimate of drug-likeness (QED) is 0.377. The first-order chi connectivity index (χ1) is 14.4. The first-order valence-electron chi connectivity index (χ1n) is 10.4. The third kappa shape index (κ3) is 5.51. The second kappa shape index (κ2) is 10.3. The molecule has 2 unspecified atom stereocenters. The molecule has 5 nitrogen and oxygen atoms in total. The molecule has 0 aliphatic carbocycles. The van der Waals surface area contributed by atoms with Gasteiger partial charge in [0.2, 0.25) is 0 Å². The van der Waals surface area contributed by atoms with E-state index in [4.69, 9.17) is 5.10 Å². The van der Waals surface area contributed by atoms with Crippen molar-refractivity contribution in [3.63, 3.8) is 0 Å². The number of halogens is 2. The number of alkyl halides is 2. The highest BCUT2D eigenvalue weighted by Gasteiger charge is 2.32. The second-order valence-corrected chi connectivity index (χ2v) is 8.39. The number of hydrazone groups is 1. The molecule has 0 radical (unpaired) electrons. The minimum absolute atomic E-state index is 0.519. The predicted molar refractivity (Wildman–Crippen MR) is 122 cm³/mol. The van der Waals surface area contributed by atoms with Gasteiger partial charge in [0.25, 0.3) is 6.43 Å². The lowest BCUT2D eigenvalue weighted by Gasteiger charge is -2.28. The summed E-state index contributed by atoms with van der Waals surface area (Å²) in [7, 11) is 2.66. The van der Waals surface area contributed by atoms with Gasteiger partial charge in [-0.05, 0) is 61.5 Å². The van der Waals surface area contributed by atoms with Gasteiger partial charge in [0.15, 0.2) is 0 Å². The fourth-order valence-electron chi connectivity index (χ4n) is 3.87. The maximum absolute atomic E-state index is 13.2. The molecule has 8 heteroatoms. The van der Waals surface area contributed by atoms with Crippen molar-refractivity contribution in [3.8, 4) is 0 Å². The lowest BCUT2D eigenvalue weighted by atomic mass is 10.0. The van der Waals surface area contributed by atoms with Crippen LogP contribution in [0.1, 0.15) is 51.5 Å². The highest BCUT2D eigenvalue weighted by Crippen LogP contribution is 2.25. The zero-order valence-corrected chi connectivity index (χ0v) is 18.8. The average Bonchev–Trinajstić information content (AvgIpc) is 3.21. The summed E-state index contributed by atoms with van der Waals surface area (Å²) in [4.78, 5) is 10.5. The average molecular weight is 433 g/mol. The number of likely N-dealkylation sites (tertiary alicyclic amines) is 1. The van der Waals surface area contributed by atoms with E-state index in [1.165, 1.54) is 0 Å². The van der Waals surface area contributed by atoms with Crippen LogP contribution in [0.5, 0.6) is 0 Å². The molecular weight excluding hydrogens is 403 g/mol. The van der Waals surface area contributed by atoms with Gasteiger partial charge in [-0.3, -0.25) is 9.99 Å². The lowest BCUT2D eigenvalue weighted by Crippen LogP contribution is -2.38. The number of allylic oxidation sites excluding steroid dienone is 2. The van der Waals surface area contributed by atoms with Crippen molar-refractivity contribution in [1.82, 2.24) is 14.9 Å². The summed E-state index contributed by atoms with van der Waals surface area (Å²) >= 11 is 0. The zero-order chi connectivity index (χ0) is 21.7. The molecule has 0 N–H and O–H groups in total. The van der Waals surface area contributed by atoms with Crippen molar-refractivity contribution >= 4 is 26.1 Å². The van der Waals surface area contributed by atoms with Gasteiger partial charge >= 0.3 is 0 Å². The van der Waals surface area contributed by atoms with Crippen molar-refractivity contribution in [2.45, 2.75) is 65.0 Å². The van der Waals surface area contributed by atoms with E-state index in [1.807, 2.05) is 18.1 Å². The SMILES string of the molecule is C=C1CCC(/C(=C/N=C(\C)N2CCCC2C(F)F)CC)=NN1Cc1cncc(P)c1. The van der Waals surface area contributed by atoms with E-state index in [-0.39, 0.29) is 0 Å². The standard InChI is InChI=1S/C22H30F2N5P/c1-4-18(12-26-16(3)28-9-5-6-21(28)22(23)24)20-8-7-15(2)29(27-20)14-17-10-19(30)13-25-11-17/h10-13,21-22H,2,4-9,14,30H2,1,3H3/b18-12+,26-16+. The van der Waals surface area contributed by atoms with Gasteiger partial charge in [0.05, 0.1) is 18.3 Å². The van der Waals surface area contributed by atoms with E-state index >= 15 is 0 Å². The molecule has 162 valence electrons. The number of hydrogen-bond donors (Lipinski definition) is 0. The zero-order valence-electron chi connectivity index (χ0n) is 17.7. The predicted octanol–water partition coefficient (Wildman–Crippen LogP) is 4.49. The number of aliphatic imine (C=N–C) groups is 1. The Morgan fingerprint density at radius 1 is 1.40 bits per heavy atom. The fraction of sp³-hybridized carbons (Fsp3) is 0.500. The van der Waals surface area contributed by atoms with Crippen LogP contribution in [0.15, 0.2) is 52.6 Å². The molecule has 3 heterocycles. The summed E-state index contributed by atoms with van der Waals surface area (Å²) in [5.74, 6) is 0.643. The first-order valence-corrected chi connectivity index (χ1v) is 11.0. The van der Waals surface area contributed by atoms with E-state index in [9.17, 15) is 8.78 Å². The Kier molecular flexibility index (Phi) is 7.70. The van der Waals surface area contributed by atoms with Crippen LogP contribution in [0.4, 0.5) is 8.78 Å². The molecule has 1 saturated heterocycles.